The molecule has 1 aliphatic rings. The Bertz CT molecular complexity index is 831. The molecule has 3 rings (SSSR count). The predicted octanol–water partition coefficient (Wildman–Crippen LogP) is 3.36. The molecule has 0 fully saturated rings. The summed E-state index contributed by atoms with van der Waals surface area (Å²) in [7, 11) is 0. The van der Waals surface area contributed by atoms with Gasteiger partial charge in [0.25, 0.3) is 0 Å². The number of hydrogen-bond acceptors (Lipinski definition) is 3. The molecule has 2 N–H and O–H groups in total. The number of carbonyl (C=O) groups is 2. The molecule has 5 heteroatoms. The number of ether oxygens (including phenoxy) is 1. The fourth-order valence-electron chi connectivity index (χ4n) is 3.24. The van der Waals surface area contributed by atoms with Crippen molar-refractivity contribution in [3.63, 3.8) is 0 Å². The highest BCUT2D eigenvalue weighted by Gasteiger charge is 2.34. The summed E-state index contributed by atoms with van der Waals surface area (Å²) in [5.74, 6) is -1.61. The Labute approximate surface area is 153 Å². The number of carbonyl (C=O) groups excluding carboxylic acids is 1. The van der Waals surface area contributed by atoms with Crippen LogP contribution in [0.2, 0.25) is 0 Å². The van der Waals surface area contributed by atoms with E-state index in [1.54, 1.807) is 6.92 Å². The van der Waals surface area contributed by atoms with Gasteiger partial charge in [-0.05, 0) is 43.5 Å². The Morgan fingerprint density at radius 2 is 1.81 bits per heavy atom. The molecule has 0 aromatic heterocycles. The van der Waals surface area contributed by atoms with Crippen molar-refractivity contribution >= 4 is 11.9 Å². The van der Waals surface area contributed by atoms with Crippen LogP contribution in [0.4, 0.5) is 0 Å². The molecule has 2 aromatic carbocycles. The lowest BCUT2D eigenvalue weighted by Gasteiger charge is -2.24. The zero-order chi connectivity index (χ0) is 18.8. The first-order chi connectivity index (χ1) is 12.4. The smallest absolute Gasteiger partial charge is 0.308 e. The largest absolute Gasteiger partial charge is 0.492 e. The van der Waals surface area contributed by atoms with E-state index in [9.17, 15) is 14.7 Å². The Kier molecular flexibility index (Phi) is 4.98. The van der Waals surface area contributed by atoms with E-state index in [1.807, 2.05) is 56.3 Å². The average molecular weight is 353 g/mol. The number of rotatable bonds is 5. The molecule has 3 atom stereocenters. The van der Waals surface area contributed by atoms with Gasteiger partial charge >= 0.3 is 5.97 Å². The summed E-state index contributed by atoms with van der Waals surface area (Å²) in [5, 5.41) is 12.4. The number of nitrogens with one attached hydrogen (secondary N) is 1. The minimum atomic E-state index is -0.950. The fourth-order valence-corrected chi connectivity index (χ4v) is 3.24. The zero-order valence-electron chi connectivity index (χ0n) is 15.2. The van der Waals surface area contributed by atoms with Crippen LogP contribution in [0.5, 0.6) is 5.75 Å². The van der Waals surface area contributed by atoms with E-state index in [0.29, 0.717) is 0 Å². The first kappa shape index (κ1) is 18.0. The third kappa shape index (κ3) is 3.43. The predicted molar refractivity (Wildman–Crippen MR) is 98.3 cm³/mol. The Morgan fingerprint density at radius 1 is 1.15 bits per heavy atom. The quantitative estimate of drug-likeness (QED) is 0.864. The summed E-state index contributed by atoms with van der Waals surface area (Å²) in [6.07, 6.45) is 0. The van der Waals surface area contributed by atoms with Crippen LogP contribution in [0, 0.1) is 19.8 Å². The monoisotopic (exact) mass is 353 g/mol. The lowest BCUT2D eigenvalue weighted by atomic mass is 9.92. The summed E-state index contributed by atoms with van der Waals surface area (Å²) < 4.78 is 5.69. The first-order valence-corrected chi connectivity index (χ1v) is 8.70. The molecule has 3 unspecified atom stereocenters. The second-order valence-corrected chi connectivity index (χ2v) is 6.86. The van der Waals surface area contributed by atoms with E-state index < -0.39 is 23.8 Å². The van der Waals surface area contributed by atoms with Gasteiger partial charge in [-0.3, -0.25) is 9.59 Å². The number of carboxylic acid groups (broad SMARTS) is 1. The van der Waals surface area contributed by atoms with Crippen LogP contribution in [0.25, 0.3) is 0 Å². The summed E-state index contributed by atoms with van der Waals surface area (Å²) in [6, 6.07) is 12.5. The lowest BCUT2D eigenvalue weighted by molar-refractivity contribution is -0.142. The molecule has 0 spiro atoms. The summed E-state index contributed by atoms with van der Waals surface area (Å²) in [5.41, 5.74) is 3.85. The number of carboxylic acids is 1. The van der Waals surface area contributed by atoms with E-state index in [0.717, 1.165) is 28.0 Å². The van der Waals surface area contributed by atoms with Gasteiger partial charge in [-0.1, -0.05) is 36.4 Å². The Hall–Kier alpha value is -2.82. The van der Waals surface area contributed by atoms with Gasteiger partial charge in [0.2, 0.25) is 5.91 Å². The molecular weight excluding hydrogens is 330 g/mol. The van der Waals surface area contributed by atoms with Gasteiger partial charge in [0.1, 0.15) is 18.3 Å². The molecule has 26 heavy (non-hydrogen) atoms. The zero-order valence-corrected chi connectivity index (χ0v) is 15.2. The van der Waals surface area contributed by atoms with Crippen LogP contribution < -0.4 is 10.1 Å². The maximum atomic E-state index is 12.9. The van der Waals surface area contributed by atoms with Crippen LogP contribution in [0.15, 0.2) is 42.5 Å². The van der Waals surface area contributed by atoms with Gasteiger partial charge in [-0.15, -0.1) is 0 Å². The molecule has 136 valence electrons. The normalized spacial score (nSPS) is 17.7. The van der Waals surface area contributed by atoms with Gasteiger partial charge < -0.3 is 15.2 Å². The standard InChI is InChI=1S/C21H23NO4/c1-12-9-16-17(11-26-18(16)10-13(12)2)20(23)22-19(14(3)21(24)25)15-7-5-4-6-8-15/h4-10,14,17,19H,11H2,1-3H3,(H,22,23)(H,24,25). The molecule has 0 bridgehead atoms. The van der Waals surface area contributed by atoms with Gasteiger partial charge in [0.15, 0.2) is 0 Å². The molecule has 0 radical (unpaired) electrons. The van der Waals surface area contributed by atoms with Gasteiger partial charge in [-0.2, -0.15) is 0 Å². The second-order valence-electron chi connectivity index (χ2n) is 6.86. The first-order valence-electron chi connectivity index (χ1n) is 8.70. The minimum absolute atomic E-state index is 0.214. The minimum Gasteiger partial charge on any atom is -0.492 e. The van der Waals surface area contributed by atoms with Crippen molar-refractivity contribution in [2.75, 3.05) is 6.61 Å². The maximum absolute atomic E-state index is 12.9. The number of amides is 1. The van der Waals surface area contributed by atoms with Crippen LogP contribution >= 0.6 is 0 Å². The number of fused-ring (bicyclic) bond motifs is 1. The average Bonchev–Trinajstić information content (AvgIpc) is 3.02. The Morgan fingerprint density at radius 3 is 2.46 bits per heavy atom. The molecule has 1 aliphatic heterocycles. The van der Waals surface area contributed by atoms with Crippen LogP contribution in [0.3, 0.4) is 0 Å². The maximum Gasteiger partial charge on any atom is 0.308 e. The van der Waals surface area contributed by atoms with Gasteiger partial charge in [0.05, 0.1) is 12.0 Å². The third-order valence-electron chi connectivity index (χ3n) is 5.07. The molecule has 2 aromatic rings. The Balaban J connectivity index is 1.86. The van der Waals surface area contributed by atoms with Crippen molar-refractivity contribution in [3.05, 3.63) is 64.7 Å². The molecule has 5 nitrogen and oxygen atoms in total. The third-order valence-corrected chi connectivity index (χ3v) is 5.07. The fraction of sp³-hybridized carbons (Fsp3) is 0.333. The van der Waals surface area contributed by atoms with E-state index in [1.165, 1.54) is 0 Å². The van der Waals surface area contributed by atoms with Crippen molar-refractivity contribution in [2.24, 2.45) is 5.92 Å². The summed E-state index contributed by atoms with van der Waals surface area (Å²) in [6.45, 7) is 5.88. The van der Waals surface area contributed by atoms with Crippen molar-refractivity contribution in [3.8, 4) is 5.75 Å². The highest BCUT2D eigenvalue weighted by molar-refractivity contribution is 5.86. The molecule has 1 heterocycles. The van der Waals surface area contributed by atoms with Crippen molar-refractivity contribution in [1.29, 1.82) is 0 Å². The summed E-state index contributed by atoms with van der Waals surface area (Å²) in [4.78, 5) is 24.5. The lowest BCUT2D eigenvalue weighted by Crippen LogP contribution is -2.38. The van der Waals surface area contributed by atoms with E-state index in [4.69, 9.17) is 4.74 Å². The van der Waals surface area contributed by atoms with Crippen LogP contribution in [-0.4, -0.2) is 23.6 Å². The topological polar surface area (TPSA) is 75.6 Å². The SMILES string of the molecule is Cc1cc2c(cc1C)C(C(=O)NC(c1ccccc1)C(C)C(=O)O)CO2. The van der Waals surface area contributed by atoms with Crippen LogP contribution in [0.1, 0.15) is 41.1 Å². The van der Waals surface area contributed by atoms with Crippen molar-refractivity contribution in [2.45, 2.75) is 32.7 Å². The molecular formula is C21H23NO4. The molecule has 0 saturated heterocycles. The number of hydrogen-bond donors (Lipinski definition) is 2. The van der Waals surface area contributed by atoms with E-state index in [2.05, 4.69) is 5.32 Å². The van der Waals surface area contributed by atoms with Gasteiger partial charge in [0, 0.05) is 5.56 Å². The van der Waals surface area contributed by atoms with Crippen LogP contribution in [-0.2, 0) is 9.59 Å². The van der Waals surface area contributed by atoms with Crippen molar-refractivity contribution in [1.82, 2.24) is 5.32 Å². The van der Waals surface area contributed by atoms with E-state index in [-0.39, 0.29) is 12.5 Å². The number of benzene rings is 2. The number of aliphatic carboxylic acids is 1. The van der Waals surface area contributed by atoms with Gasteiger partial charge in [-0.25, -0.2) is 0 Å². The molecule has 1 amide bonds. The highest BCUT2D eigenvalue weighted by Crippen LogP contribution is 2.36. The molecule has 0 saturated carbocycles. The second kappa shape index (κ2) is 7.20. The van der Waals surface area contributed by atoms with E-state index >= 15 is 0 Å². The number of aryl methyl sites for hydroxylation is 2. The van der Waals surface area contributed by atoms with Crippen molar-refractivity contribution < 1.29 is 19.4 Å². The molecule has 0 aliphatic carbocycles. The highest BCUT2D eigenvalue weighted by atomic mass is 16.5. The summed E-state index contributed by atoms with van der Waals surface area (Å²) >= 11 is 0.